The van der Waals surface area contributed by atoms with Crippen LogP contribution >= 0.6 is 0 Å². The first kappa shape index (κ1) is 14.5. The normalized spacial score (nSPS) is 10.2. The average Bonchev–Trinajstić information content (AvgIpc) is 2.38. The van der Waals surface area contributed by atoms with Crippen LogP contribution in [0.5, 0.6) is 5.75 Å². The maximum absolute atomic E-state index is 11.5. The monoisotopic (exact) mass is 250 g/mol. The fraction of sp³-hybridized carbons (Fsp3) is 0.500. The average molecular weight is 250 g/mol. The number of carbonyl (C=O) groups excluding carboxylic acids is 1. The van der Waals surface area contributed by atoms with E-state index >= 15 is 0 Å². The van der Waals surface area contributed by atoms with Crippen LogP contribution in [0.15, 0.2) is 12.1 Å². The molecule has 1 aromatic rings. The lowest BCUT2D eigenvalue weighted by atomic mass is 10.0. The van der Waals surface area contributed by atoms with Crippen LogP contribution in [-0.4, -0.2) is 26.6 Å². The Morgan fingerprint density at radius 1 is 1.28 bits per heavy atom. The minimum absolute atomic E-state index is 0.0669. The molecule has 0 unspecified atom stereocenters. The van der Waals surface area contributed by atoms with Gasteiger partial charge in [0.15, 0.2) is 0 Å². The maximum atomic E-state index is 11.5. The Hall–Kier alpha value is -1.55. The van der Waals surface area contributed by atoms with E-state index in [1.165, 1.54) is 5.56 Å². The van der Waals surface area contributed by atoms with Crippen molar-refractivity contribution in [2.45, 2.75) is 26.8 Å². The van der Waals surface area contributed by atoms with Gasteiger partial charge < -0.3 is 15.4 Å². The Balaban J connectivity index is 2.63. The summed E-state index contributed by atoms with van der Waals surface area (Å²) in [6, 6.07) is 3.94. The maximum Gasteiger partial charge on any atom is 0.221 e. The minimum atomic E-state index is 0.0669. The van der Waals surface area contributed by atoms with E-state index in [-0.39, 0.29) is 5.91 Å². The Labute approximate surface area is 109 Å². The molecule has 4 nitrogen and oxygen atoms in total. The van der Waals surface area contributed by atoms with Crippen LogP contribution in [0, 0.1) is 13.8 Å². The Kier molecular flexibility index (Phi) is 5.65. The van der Waals surface area contributed by atoms with Crippen molar-refractivity contribution in [1.29, 1.82) is 0 Å². The van der Waals surface area contributed by atoms with Gasteiger partial charge in [0.1, 0.15) is 5.75 Å². The van der Waals surface area contributed by atoms with Crippen LogP contribution in [0.3, 0.4) is 0 Å². The summed E-state index contributed by atoms with van der Waals surface area (Å²) in [6.45, 7) is 5.35. The van der Waals surface area contributed by atoms with E-state index in [9.17, 15) is 4.79 Å². The van der Waals surface area contributed by atoms with Crippen molar-refractivity contribution >= 4 is 5.91 Å². The van der Waals surface area contributed by atoms with Crippen molar-refractivity contribution in [3.05, 3.63) is 28.8 Å². The van der Waals surface area contributed by atoms with Crippen LogP contribution in [0.25, 0.3) is 0 Å². The highest BCUT2D eigenvalue weighted by atomic mass is 16.5. The number of carbonyl (C=O) groups is 1. The molecule has 0 heterocycles. The molecule has 0 bridgehead atoms. The smallest absolute Gasteiger partial charge is 0.221 e. The van der Waals surface area contributed by atoms with Crippen LogP contribution < -0.4 is 15.4 Å². The Bertz CT molecular complexity index is 417. The van der Waals surface area contributed by atoms with Gasteiger partial charge in [-0.1, -0.05) is 6.07 Å². The zero-order chi connectivity index (χ0) is 13.5. The molecule has 0 spiro atoms. The van der Waals surface area contributed by atoms with Crippen LogP contribution in [-0.2, 0) is 11.3 Å². The largest absolute Gasteiger partial charge is 0.496 e. The van der Waals surface area contributed by atoms with Gasteiger partial charge in [-0.05, 0) is 43.7 Å². The van der Waals surface area contributed by atoms with E-state index in [1.807, 2.05) is 33.0 Å². The number of rotatable bonds is 6. The predicted molar refractivity (Wildman–Crippen MR) is 72.9 cm³/mol. The third-order valence-electron chi connectivity index (χ3n) is 3.15. The van der Waals surface area contributed by atoms with Crippen molar-refractivity contribution in [1.82, 2.24) is 10.6 Å². The number of nitrogens with one attached hydrogen (secondary N) is 2. The van der Waals surface area contributed by atoms with Gasteiger partial charge in [-0.2, -0.15) is 0 Å². The molecule has 1 rings (SSSR count). The van der Waals surface area contributed by atoms with Gasteiger partial charge in [-0.25, -0.2) is 0 Å². The quantitative estimate of drug-likeness (QED) is 0.805. The first-order valence-electron chi connectivity index (χ1n) is 6.14. The van der Waals surface area contributed by atoms with Crippen molar-refractivity contribution in [3.8, 4) is 5.75 Å². The van der Waals surface area contributed by atoms with Crippen molar-refractivity contribution in [2.75, 3.05) is 20.7 Å². The summed E-state index contributed by atoms with van der Waals surface area (Å²) in [5.74, 6) is 0.954. The molecule has 100 valence electrons. The lowest BCUT2D eigenvalue weighted by Gasteiger charge is -2.13. The number of hydrogen-bond donors (Lipinski definition) is 2. The highest BCUT2D eigenvalue weighted by Crippen LogP contribution is 2.23. The molecular weight excluding hydrogens is 228 g/mol. The first-order valence-corrected chi connectivity index (χ1v) is 6.14. The van der Waals surface area contributed by atoms with Gasteiger partial charge in [0, 0.05) is 19.5 Å². The van der Waals surface area contributed by atoms with E-state index in [4.69, 9.17) is 4.74 Å². The molecule has 0 aromatic heterocycles. The molecule has 1 amide bonds. The van der Waals surface area contributed by atoms with Crippen LogP contribution in [0.4, 0.5) is 0 Å². The minimum Gasteiger partial charge on any atom is -0.496 e. The highest BCUT2D eigenvalue weighted by molar-refractivity contribution is 5.76. The molecule has 0 fully saturated rings. The summed E-state index contributed by atoms with van der Waals surface area (Å²) >= 11 is 0. The molecule has 18 heavy (non-hydrogen) atoms. The fourth-order valence-corrected chi connectivity index (χ4v) is 1.79. The number of ether oxygens (including phenoxy) is 1. The standard InChI is InChI=1S/C14H22N2O2/c1-10-11(2)13(18-4)6-5-12(10)9-16-14(17)7-8-15-3/h5-6,15H,7-9H2,1-4H3,(H,16,17). The zero-order valence-corrected chi connectivity index (χ0v) is 11.6. The third kappa shape index (κ3) is 3.74. The van der Waals surface area contributed by atoms with Gasteiger partial charge in [-0.3, -0.25) is 4.79 Å². The summed E-state index contributed by atoms with van der Waals surface area (Å²) in [5, 5.41) is 5.87. The molecule has 0 atom stereocenters. The molecule has 0 radical (unpaired) electrons. The Morgan fingerprint density at radius 2 is 2.00 bits per heavy atom. The van der Waals surface area contributed by atoms with E-state index in [1.54, 1.807) is 7.11 Å². The molecular formula is C14H22N2O2. The molecule has 0 aliphatic carbocycles. The van der Waals surface area contributed by atoms with E-state index in [2.05, 4.69) is 10.6 Å². The predicted octanol–water partition coefficient (Wildman–Crippen LogP) is 1.54. The summed E-state index contributed by atoms with van der Waals surface area (Å²) in [6.07, 6.45) is 0.505. The van der Waals surface area contributed by atoms with Gasteiger partial charge in [0.2, 0.25) is 5.91 Å². The topological polar surface area (TPSA) is 50.4 Å². The summed E-state index contributed by atoms with van der Waals surface area (Å²) in [7, 11) is 3.51. The fourth-order valence-electron chi connectivity index (χ4n) is 1.79. The first-order chi connectivity index (χ1) is 8.60. The second-order valence-electron chi connectivity index (χ2n) is 4.31. The molecule has 0 saturated heterocycles. The summed E-state index contributed by atoms with van der Waals surface area (Å²) in [5.41, 5.74) is 3.42. The van der Waals surface area contributed by atoms with Gasteiger partial charge in [-0.15, -0.1) is 0 Å². The van der Waals surface area contributed by atoms with E-state index < -0.39 is 0 Å². The second kappa shape index (κ2) is 7.01. The summed E-state index contributed by atoms with van der Waals surface area (Å²) < 4.78 is 5.26. The number of hydrogen-bond acceptors (Lipinski definition) is 3. The van der Waals surface area contributed by atoms with Crippen molar-refractivity contribution < 1.29 is 9.53 Å². The van der Waals surface area contributed by atoms with Gasteiger partial charge >= 0.3 is 0 Å². The second-order valence-corrected chi connectivity index (χ2v) is 4.31. The van der Waals surface area contributed by atoms with Gasteiger partial charge in [0.05, 0.1) is 7.11 Å². The molecule has 2 N–H and O–H groups in total. The van der Waals surface area contributed by atoms with Gasteiger partial charge in [0.25, 0.3) is 0 Å². The lowest BCUT2D eigenvalue weighted by Crippen LogP contribution is -2.26. The summed E-state index contributed by atoms with van der Waals surface area (Å²) in [4.78, 5) is 11.5. The van der Waals surface area contributed by atoms with Crippen LogP contribution in [0.2, 0.25) is 0 Å². The number of amides is 1. The third-order valence-corrected chi connectivity index (χ3v) is 3.15. The Morgan fingerprint density at radius 3 is 2.61 bits per heavy atom. The molecule has 4 heteroatoms. The molecule has 0 aliphatic rings. The molecule has 0 aliphatic heterocycles. The van der Waals surface area contributed by atoms with E-state index in [0.717, 1.165) is 16.9 Å². The SMILES string of the molecule is CNCCC(=O)NCc1ccc(OC)c(C)c1C. The van der Waals surface area contributed by atoms with Crippen molar-refractivity contribution in [3.63, 3.8) is 0 Å². The zero-order valence-electron chi connectivity index (χ0n) is 11.6. The number of methoxy groups -OCH3 is 1. The van der Waals surface area contributed by atoms with E-state index in [0.29, 0.717) is 19.5 Å². The highest BCUT2D eigenvalue weighted by Gasteiger charge is 2.07. The molecule has 1 aromatic carbocycles. The number of benzene rings is 1. The van der Waals surface area contributed by atoms with Crippen molar-refractivity contribution in [2.24, 2.45) is 0 Å². The lowest BCUT2D eigenvalue weighted by molar-refractivity contribution is -0.121. The van der Waals surface area contributed by atoms with Crippen LogP contribution in [0.1, 0.15) is 23.1 Å². The molecule has 0 saturated carbocycles.